The first-order chi connectivity index (χ1) is 13.0. The lowest BCUT2D eigenvalue weighted by atomic mass is 10.0. The highest BCUT2D eigenvalue weighted by molar-refractivity contribution is 7.99. The number of nitrogens with one attached hydrogen (secondary N) is 1. The lowest BCUT2D eigenvalue weighted by Gasteiger charge is -2.19. The van der Waals surface area contributed by atoms with Crippen LogP contribution in [0.4, 0.5) is 5.69 Å². The Kier molecular flexibility index (Phi) is 6.37. The minimum atomic E-state index is 0.0162. The predicted octanol–water partition coefficient (Wildman–Crippen LogP) is 6.32. The number of methoxy groups -OCH3 is 1. The zero-order valence-electron chi connectivity index (χ0n) is 16.0. The molecule has 27 heavy (non-hydrogen) atoms. The van der Waals surface area contributed by atoms with Gasteiger partial charge in [0.25, 0.3) is 0 Å². The van der Waals surface area contributed by atoms with Gasteiger partial charge in [0.1, 0.15) is 9.90 Å². The highest BCUT2D eigenvalue weighted by Gasteiger charge is 2.17. The van der Waals surface area contributed by atoms with Crippen molar-refractivity contribution in [2.45, 2.75) is 30.5 Å². The Hall–Kier alpha value is -2.08. The van der Waals surface area contributed by atoms with Gasteiger partial charge in [0.2, 0.25) is 0 Å². The van der Waals surface area contributed by atoms with Crippen molar-refractivity contribution in [2.75, 3.05) is 7.11 Å². The van der Waals surface area contributed by atoms with E-state index < -0.39 is 0 Å². The Balaban J connectivity index is 2.02. The maximum atomic E-state index is 5.70. The molecule has 0 aliphatic heterocycles. The van der Waals surface area contributed by atoms with Crippen LogP contribution in [-0.4, -0.2) is 18.4 Å². The number of ether oxygens (including phenoxy) is 1. The van der Waals surface area contributed by atoms with Gasteiger partial charge in [-0.3, -0.25) is 4.72 Å². The molecule has 0 fully saturated rings. The molecule has 0 saturated carbocycles. The van der Waals surface area contributed by atoms with E-state index in [-0.39, 0.29) is 5.54 Å². The number of hydrogen-bond acceptors (Lipinski definition) is 5. The van der Waals surface area contributed by atoms with Gasteiger partial charge in [0.05, 0.1) is 12.8 Å². The third-order valence-electron chi connectivity index (χ3n) is 3.68. The molecule has 0 saturated heterocycles. The summed E-state index contributed by atoms with van der Waals surface area (Å²) in [7, 11) is 1.70. The van der Waals surface area contributed by atoms with Crippen LogP contribution in [0.1, 0.15) is 31.9 Å². The molecule has 3 aromatic rings. The Bertz CT molecular complexity index is 856. The Morgan fingerprint density at radius 2 is 1.52 bits per heavy atom. The molecule has 0 radical (unpaired) electrons. The van der Waals surface area contributed by atoms with E-state index in [0.29, 0.717) is 0 Å². The third-order valence-corrected chi connectivity index (χ3v) is 6.04. The monoisotopic (exact) mass is 396 g/mol. The van der Waals surface area contributed by atoms with Crippen molar-refractivity contribution < 1.29 is 4.74 Å². The van der Waals surface area contributed by atoms with E-state index in [1.54, 1.807) is 30.4 Å². The molecule has 1 aromatic heterocycles. The van der Waals surface area contributed by atoms with Crippen molar-refractivity contribution in [3.8, 4) is 5.75 Å². The standard InChI is InChI=1S/C22H24N2OS2/c1-22(2,3)24-27-21-20(25-4)18(15-26-21)23-19(16-11-7-5-8-12-16)17-13-9-6-10-14-17/h5-15,24H,1-4H3. The summed E-state index contributed by atoms with van der Waals surface area (Å²) in [5, 5.41) is 2.05. The zero-order chi connectivity index (χ0) is 19.3. The summed E-state index contributed by atoms with van der Waals surface area (Å²) in [6.45, 7) is 6.42. The van der Waals surface area contributed by atoms with Crippen LogP contribution in [0.5, 0.6) is 5.75 Å². The molecule has 0 amide bonds. The van der Waals surface area contributed by atoms with Crippen molar-refractivity contribution in [1.82, 2.24) is 4.72 Å². The smallest absolute Gasteiger partial charge is 0.170 e. The number of hydrogen-bond donors (Lipinski definition) is 1. The van der Waals surface area contributed by atoms with Gasteiger partial charge < -0.3 is 4.74 Å². The van der Waals surface area contributed by atoms with E-state index in [9.17, 15) is 0 Å². The molecule has 0 aliphatic carbocycles. The van der Waals surface area contributed by atoms with E-state index in [2.05, 4.69) is 55.1 Å². The molecule has 3 rings (SSSR count). The summed E-state index contributed by atoms with van der Waals surface area (Å²) >= 11 is 3.23. The molecule has 0 aliphatic rings. The summed E-state index contributed by atoms with van der Waals surface area (Å²) in [4.78, 5) is 5.00. The first kappa shape index (κ1) is 19.7. The molecule has 0 unspecified atom stereocenters. The van der Waals surface area contributed by atoms with Crippen LogP contribution in [-0.2, 0) is 0 Å². The van der Waals surface area contributed by atoms with Gasteiger partial charge in [-0.15, -0.1) is 11.3 Å². The molecule has 5 heteroatoms. The number of thiophene rings is 1. The van der Waals surface area contributed by atoms with Crippen LogP contribution in [0, 0.1) is 0 Å². The van der Waals surface area contributed by atoms with Crippen molar-refractivity contribution in [3.05, 3.63) is 77.2 Å². The summed E-state index contributed by atoms with van der Waals surface area (Å²) in [5.74, 6) is 0.811. The largest absolute Gasteiger partial charge is 0.492 e. The summed E-state index contributed by atoms with van der Waals surface area (Å²) in [6, 6.07) is 20.5. The number of rotatable bonds is 6. The van der Waals surface area contributed by atoms with Crippen molar-refractivity contribution in [1.29, 1.82) is 0 Å². The second-order valence-corrected chi connectivity index (χ2v) is 9.04. The quantitative estimate of drug-likeness (QED) is 0.391. The lowest BCUT2D eigenvalue weighted by Crippen LogP contribution is -2.29. The molecule has 2 aromatic carbocycles. The van der Waals surface area contributed by atoms with Gasteiger partial charge in [-0.05, 0) is 32.7 Å². The van der Waals surface area contributed by atoms with E-state index in [1.807, 2.05) is 36.4 Å². The van der Waals surface area contributed by atoms with Gasteiger partial charge in [-0.1, -0.05) is 60.7 Å². The van der Waals surface area contributed by atoms with Crippen molar-refractivity contribution >= 4 is 34.7 Å². The Morgan fingerprint density at radius 1 is 0.963 bits per heavy atom. The van der Waals surface area contributed by atoms with Crippen LogP contribution in [0.25, 0.3) is 0 Å². The van der Waals surface area contributed by atoms with Crippen molar-refractivity contribution in [2.24, 2.45) is 4.99 Å². The highest BCUT2D eigenvalue weighted by atomic mass is 32.2. The maximum Gasteiger partial charge on any atom is 0.170 e. The highest BCUT2D eigenvalue weighted by Crippen LogP contribution is 2.43. The fourth-order valence-corrected chi connectivity index (χ4v) is 4.28. The average Bonchev–Trinajstić information content (AvgIpc) is 3.07. The Morgan fingerprint density at radius 3 is 2.00 bits per heavy atom. The molecule has 140 valence electrons. The summed E-state index contributed by atoms with van der Waals surface area (Å²) in [5.41, 5.74) is 3.97. The van der Waals surface area contributed by atoms with E-state index in [4.69, 9.17) is 9.73 Å². The number of benzene rings is 2. The van der Waals surface area contributed by atoms with Gasteiger partial charge in [0.15, 0.2) is 5.75 Å². The third kappa shape index (κ3) is 5.22. The lowest BCUT2D eigenvalue weighted by molar-refractivity contribution is 0.409. The predicted molar refractivity (Wildman–Crippen MR) is 118 cm³/mol. The van der Waals surface area contributed by atoms with Crippen LogP contribution in [0.3, 0.4) is 0 Å². The minimum absolute atomic E-state index is 0.0162. The van der Waals surface area contributed by atoms with Gasteiger partial charge >= 0.3 is 0 Å². The maximum absolute atomic E-state index is 5.70. The fraction of sp³-hybridized carbons (Fsp3) is 0.227. The molecule has 3 nitrogen and oxygen atoms in total. The van der Waals surface area contributed by atoms with Gasteiger partial charge in [-0.25, -0.2) is 4.99 Å². The molecule has 0 atom stereocenters. The first-order valence-electron chi connectivity index (χ1n) is 8.77. The SMILES string of the molecule is COc1c(N=C(c2ccccc2)c2ccccc2)csc1SNC(C)(C)C. The van der Waals surface area contributed by atoms with Crippen LogP contribution in [0.15, 0.2) is 75.2 Å². The normalized spacial score (nSPS) is 11.3. The molecule has 1 N–H and O–H groups in total. The summed E-state index contributed by atoms with van der Waals surface area (Å²) in [6.07, 6.45) is 0. The topological polar surface area (TPSA) is 33.6 Å². The van der Waals surface area contributed by atoms with Crippen molar-refractivity contribution in [3.63, 3.8) is 0 Å². The Labute approximate surface area is 169 Å². The summed E-state index contributed by atoms with van der Waals surface area (Å²) < 4.78 is 10.2. The second-order valence-electron chi connectivity index (χ2n) is 7.09. The van der Waals surface area contributed by atoms with Gasteiger partial charge in [-0.2, -0.15) is 0 Å². The van der Waals surface area contributed by atoms with Crippen LogP contribution in [0.2, 0.25) is 0 Å². The molecular formula is C22H24N2OS2. The molecular weight excluding hydrogens is 372 g/mol. The average molecular weight is 397 g/mol. The molecule has 0 spiro atoms. The molecule has 0 bridgehead atoms. The number of nitrogens with zero attached hydrogens (tertiary/aromatic N) is 1. The van der Waals surface area contributed by atoms with E-state index >= 15 is 0 Å². The van der Waals surface area contributed by atoms with Crippen LogP contribution >= 0.6 is 23.3 Å². The fourth-order valence-electron chi connectivity index (χ4n) is 2.46. The minimum Gasteiger partial charge on any atom is -0.492 e. The zero-order valence-corrected chi connectivity index (χ0v) is 17.7. The van der Waals surface area contributed by atoms with E-state index in [0.717, 1.165) is 32.5 Å². The second kappa shape index (κ2) is 8.74. The van der Waals surface area contributed by atoms with E-state index in [1.165, 1.54) is 0 Å². The molecule has 1 heterocycles. The first-order valence-corrected chi connectivity index (χ1v) is 10.5. The van der Waals surface area contributed by atoms with Crippen LogP contribution < -0.4 is 9.46 Å². The number of aliphatic imine (C=N–C) groups is 1. The van der Waals surface area contributed by atoms with Gasteiger partial charge in [0, 0.05) is 22.0 Å².